The number of carbonyl (C=O) groups excluding carboxylic acids is 1. The van der Waals surface area contributed by atoms with Gasteiger partial charge in [0.25, 0.3) is 0 Å². The second-order valence-electron chi connectivity index (χ2n) is 3.68. The molecule has 76 valence electrons. The Bertz CT molecular complexity index is 182. The molecule has 1 saturated heterocycles. The summed E-state index contributed by atoms with van der Waals surface area (Å²) in [5.41, 5.74) is 5.79. The molecule has 1 amide bonds. The molecule has 4 heteroatoms. The Kier molecular flexibility index (Phi) is 3.54. The van der Waals surface area contributed by atoms with Gasteiger partial charge in [-0.3, -0.25) is 0 Å². The number of likely N-dealkylation sites (tertiary alicyclic amines) is 1. The van der Waals surface area contributed by atoms with Gasteiger partial charge in [-0.15, -0.1) is 0 Å². The number of nitrogens with zero attached hydrogens (tertiary/aromatic N) is 1. The Morgan fingerprint density at radius 1 is 1.69 bits per heavy atom. The van der Waals surface area contributed by atoms with E-state index in [4.69, 9.17) is 5.73 Å². The number of nitrogens with two attached hydrogens (primary N) is 1. The third-order valence-electron chi connectivity index (χ3n) is 2.63. The minimum Gasteiger partial charge on any atom is -0.453 e. The van der Waals surface area contributed by atoms with Crippen LogP contribution in [0, 0.1) is 5.92 Å². The first kappa shape index (κ1) is 10.3. The van der Waals surface area contributed by atoms with E-state index >= 15 is 0 Å². The maximum Gasteiger partial charge on any atom is 0.409 e. The molecule has 1 heterocycles. The van der Waals surface area contributed by atoms with Crippen molar-refractivity contribution < 1.29 is 9.53 Å². The summed E-state index contributed by atoms with van der Waals surface area (Å²) in [4.78, 5) is 12.9. The SMILES string of the molecule is COC(=O)N1CCC[C@@H]([C@H](C)N)C1. The van der Waals surface area contributed by atoms with Crippen LogP contribution in [0.4, 0.5) is 4.79 Å². The first-order valence-electron chi connectivity index (χ1n) is 4.73. The summed E-state index contributed by atoms with van der Waals surface area (Å²) in [5, 5.41) is 0. The molecule has 0 saturated carbocycles. The molecule has 0 aromatic carbocycles. The minimum absolute atomic E-state index is 0.160. The number of carbonyl (C=O) groups is 1. The van der Waals surface area contributed by atoms with Crippen molar-refractivity contribution in [3.63, 3.8) is 0 Å². The zero-order chi connectivity index (χ0) is 9.84. The van der Waals surface area contributed by atoms with Gasteiger partial charge in [-0.2, -0.15) is 0 Å². The van der Waals surface area contributed by atoms with Crippen LogP contribution in [0.5, 0.6) is 0 Å². The fraction of sp³-hybridized carbons (Fsp3) is 0.889. The average molecular weight is 186 g/mol. The summed E-state index contributed by atoms with van der Waals surface area (Å²) < 4.78 is 4.66. The van der Waals surface area contributed by atoms with Crippen LogP contribution in [0.2, 0.25) is 0 Å². The Morgan fingerprint density at radius 3 is 2.92 bits per heavy atom. The highest BCUT2D eigenvalue weighted by atomic mass is 16.5. The Labute approximate surface area is 79.0 Å². The predicted molar refractivity (Wildman–Crippen MR) is 50.4 cm³/mol. The molecule has 0 aliphatic carbocycles. The van der Waals surface area contributed by atoms with E-state index < -0.39 is 0 Å². The van der Waals surface area contributed by atoms with Gasteiger partial charge in [0.2, 0.25) is 0 Å². The summed E-state index contributed by atoms with van der Waals surface area (Å²) >= 11 is 0. The van der Waals surface area contributed by atoms with Gasteiger partial charge in [0.1, 0.15) is 0 Å². The predicted octanol–water partition coefficient (Wildman–Crippen LogP) is 0.812. The third-order valence-corrected chi connectivity index (χ3v) is 2.63. The molecule has 2 N–H and O–H groups in total. The first-order chi connectivity index (χ1) is 6.15. The number of piperidine rings is 1. The molecule has 4 nitrogen and oxygen atoms in total. The van der Waals surface area contributed by atoms with Crippen molar-refractivity contribution in [3.8, 4) is 0 Å². The van der Waals surface area contributed by atoms with E-state index in [0.29, 0.717) is 5.92 Å². The lowest BCUT2D eigenvalue weighted by Gasteiger charge is -2.33. The van der Waals surface area contributed by atoms with Crippen molar-refractivity contribution in [2.24, 2.45) is 11.7 Å². The fourth-order valence-corrected chi connectivity index (χ4v) is 1.73. The lowest BCUT2D eigenvalue weighted by molar-refractivity contribution is 0.0986. The van der Waals surface area contributed by atoms with Crippen LogP contribution in [0.1, 0.15) is 19.8 Å². The molecule has 13 heavy (non-hydrogen) atoms. The Morgan fingerprint density at radius 2 is 2.38 bits per heavy atom. The van der Waals surface area contributed by atoms with Crippen LogP contribution in [0.3, 0.4) is 0 Å². The summed E-state index contributed by atoms with van der Waals surface area (Å²) in [6, 6.07) is 0.160. The van der Waals surface area contributed by atoms with E-state index in [1.165, 1.54) is 7.11 Å². The zero-order valence-corrected chi connectivity index (χ0v) is 8.32. The van der Waals surface area contributed by atoms with Crippen molar-refractivity contribution in [1.82, 2.24) is 4.90 Å². The van der Waals surface area contributed by atoms with Gasteiger partial charge in [0.15, 0.2) is 0 Å². The first-order valence-corrected chi connectivity index (χ1v) is 4.73. The van der Waals surface area contributed by atoms with Gasteiger partial charge >= 0.3 is 6.09 Å². The normalized spacial score (nSPS) is 25.5. The smallest absolute Gasteiger partial charge is 0.409 e. The molecule has 0 aromatic rings. The fourth-order valence-electron chi connectivity index (χ4n) is 1.73. The van der Waals surface area contributed by atoms with Gasteiger partial charge in [0, 0.05) is 19.1 Å². The number of ether oxygens (including phenoxy) is 1. The molecular formula is C9H18N2O2. The standard InChI is InChI=1S/C9H18N2O2/c1-7(10)8-4-3-5-11(6-8)9(12)13-2/h7-8H,3-6,10H2,1-2H3/t7-,8+/m0/s1. The molecule has 1 rings (SSSR count). The molecule has 0 spiro atoms. The molecule has 2 atom stereocenters. The van der Waals surface area contributed by atoms with E-state index in [-0.39, 0.29) is 12.1 Å². The topological polar surface area (TPSA) is 55.6 Å². The van der Waals surface area contributed by atoms with Crippen LogP contribution in [-0.2, 0) is 4.74 Å². The second-order valence-corrected chi connectivity index (χ2v) is 3.68. The highest BCUT2D eigenvalue weighted by Crippen LogP contribution is 2.18. The average Bonchev–Trinajstić information content (AvgIpc) is 2.17. The third kappa shape index (κ3) is 2.59. The highest BCUT2D eigenvalue weighted by Gasteiger charge is 2.25. The monoisotopic (exact) mass is 186 g/mol. The van der Waals surface area contributed by atoms with Gasteiger partial charge in [0.05, 0.1) is 7.11 Å². The van der Waals surface area contributed by atoms with Gasteiger partial charge in [-0.1, -0.05) is 0 Å². The maximum atomic E-state index is 11.2. The van der Waals surface area contributed by atoms with Gasteiger partial charge in [-0.05, 0) is 25.7 Å². The molecule has 0 radical (unpaired) electrons. The van der Waals surface area contributed by atoms with Crippen molar-refractivity contribution in [2.45, 2.75) is 25.8 Å². The lowest BCUT2D eigenvalue weighted by Crippen LogP contribution is -2.44. The highest BCUT2D eigenvalue weighted by molar-refractivity contribution is 5.67. The van der Waals surface area contributed by atoms with Crippen LogP contribution in [0.15, 0.2) is 0 Å². The van der Waals surface area contributed by atoms with E-state index in [1.807, 2.05) is 6.92 Å². The van der Waals surface area contributed by atoms with Crippen LogP contribution in [-0.4, -0.2) is 37.2 Å². The summed E-state index contributed by atoms with van der Waals surface area (Å²) in [5.74, 6) is 0.424. The largest absolute Gasteiger partial charge is 0.453 e. The molecule has 0 unspecified atom stereocenters. The van der Waals surface area contributed by atoms with E-state index in [1.54, 1.807) is 4.90 Å². The maximum absolute atomic E-state index is 11.2. The van der Waals surface area contributed by atoms with Gasteiger partial charge < -0.3 is 15.4 Å². The van der Waals surface area contributed by atoms with Crippen molar-refractivity contribution >= 4 is 6.09 Å². The molecular weight excluding hydrogens is 168 g/mol. The quantitative estimate of drug-likeness (QED) is 0.659. The van der Waals surface area contributed by atoms with Crippen molar-refractivity contribution in [1.29, 1.82) is 0 Å². The van der Waals surface area contributed by atoms with Crippen LogP contribution >= 0.6 is 0 Å². The Balaban J connectivity index is 2.46. The summed E-state index contributed by atoms with van der Waals surface area (Å²) in [6.45, 7) is 3.53. The minimum atomic E-state index is -0.231. The number of hydrogen-bond donors (Lipinski definition) is 1. The summed E-state index contributed by atoms with van der Waals surface area (Å²) in [7, 11) is 1.41. The van der Waals surface area contributed by atoms with Crippen molar-refractivity contribution in [3.05, 3.63) is 0 Å². The molecule has 0 bridgehead atoms. The molecule has 1 fully saturated rings. The van der Waals surface area contributed by atoms with Crippen LogP contribution in [0.25, 0.3) is 0 Å². The van der Waals surface area contributed by atoms with Crippen molar-refractivity contribution in [2.75, 3.05) is 20.2 Å². The summed E-state index contributed by atoms with van der Waals surface area (Å²) in [6.07, 6.45) is 1.91. The number of rotatable bonds is 1. The van der Waals surface area contributed by atoms with Crippen LogP contribution < -0.4 is 5.73 Å². The molecule has 0 aromatic heterocycles. The number of amides is 1. The second kappa shape index (κ2) is 4.46. The number of methoxy groups -OCH3 is 1. The van der Waals surface area contributed by atoms with E-state index in [0.717, 1.165) is 25.9 Å². The van der Waals surface area contributed by atoms with E-state index in [2.05, 4.69) is 4.74 Å². The zero-order valence-electron chi connectivity index (χ0n) is 8.32. The molecule has 1 aliphatic heterocycles. The lowest BCUT2D eigenvalue weighted by atomic mass is 9.92. The Hall–Kier alpha value is -0.770. The number of hydrogen-bond acceptors (Lipinski definition) is 3. The van der Waals surface area contributed by atoms with E-state index in [9.17, 15) is 4.79 Å². The van der Waals surface area contributed by atoms with Gasteiger partial charge in [-0.25, -0.2) is 4.79 Å². The molecule has 1 aliphatic rings.